The number of methoxy groups -OCH3 is 2. The minimum absolute atomic E-state index is 0.00825. The Labute approximate surface area is 185 Å². The Balaban J connectivity index is 2.05. The second-order valence-corrected chi connectivity index (χ2v) is 8.12. The maximum Gasteiger partial charge on any atom is 0.202 e. The van der Waals surface area contributed by atoms with Crippen LogP contribution in [0.5, 0.6) is 17.2 Å². The molecular formula is C25H24O7. The van der Waals surface area contributed by atoms with Gasteiger partial charge in [0.1, 0.15) is 29.1 Å². The Bertz CT molecular complexity index is 1190. The first-order valence-electron chi connectivity index (χ1n) is 10.3. The number of benzene rings is 2. The fourth-order valence-electron chi connectivity index (χ4n) is 4.73. The molecular weight excluding hydrogens is 412 g/mol. The lowest BCUT2D eigenvalue weighted by Crippen LogP contribution is -2.29. The molecule has 0 saturated carbocycles. The summed E-state index contributed by atoms with van der Waals surface area (Å²) in [6, 6.07) is 4.76. The van der Waals surface area contributed by atoms with Gasteiger partial charge in [-0.1, -0.05) is 18.7 Å². The standard InChI is InChI=1S/C25H24O7/c1-11(2)32-17-10-13(12(3)26)9-15-19(17)25(31-5)21-20(23(15)28)24(29)18-14(22(21)27)7-6-8-16(18)30-4/h6-8,13,17,28H,1,9-10H2,2-5H3/t13-,17+/m0/s1. The van der Waals surface area contributed by atoms with Gasteiger partial charge in [0.05, 0.1) is 36.7 Å². The number of hydrogen-bond donors (Lipinski definition) is 1. The number of hydrogen-bond acceptors (Lipinski definition) is 7. The highest BCUT2D eigenvalue weighted by Crippen LogP contribution is 2.51. The summed E-state index contributed by atoms with van der Waals surface area (Å²) < 4.78 is 16.9. The molecule has 0 fully saturated rings. The number of carbonyl (C=O) groups excluding carboxylic acids is 3. The van der Waals surface area contributed by atoms with Gasteiger partial charge in [-0.25, -0.2) is 0 Å². The number of ketones is 3. The zero-order valence-electron chi connectivity index (χ0n) is 18.4. The van der Waals surface area contributed by atoms with Crippen LogP contribution in [0.15, 0.2) is 30.5 Å². The highest BCUT2D eigenvalue weighted by atomic mass is 16.5. The van der Waals surface area contributed by atoms with Crippen LogP contribution in [-0.4, -0.2) is 36.7 Å². The van der Waals surface area contributed by atoms with E-state index >= 15 is 0 Å². The van der Waals surface area contributed by atoms with Gasteiger partial charge in [-0.2, -0.15) is 0 Å². The molecule has 0 bridgehead atoms. The van der Waals surface area contributed by atoms with Gasteiger partial charge in [-0.3, -0.25) is 14.4 Å². The summed E-state index contributed by atoms with van der Waals surface area (Å²) in [7, 11) is 2.81. The molecule has 0 spiro atoms. The molecule has 32 heavy (non-hydrogen) atoms. The minimum Gasteiger partial charge on any atom is -0.507 e. The van der Waals surface area contributed by atoms with Crippen molar-refractivity contribution < 1.29 is 33.7 Å². The van der Waals surface area contributed by atoms with E-state index in [1.165, 1.54) is 21.1 Å². The third-order valence-corrected chi connectivity index (χ3v) is 6.13. The van der Waals surface area contributed by atoms with Crippen LogP contribution in [0.2, 0.25) is 0 Å². The third-order valence-electron chi connectivity index (χ3n) is 6.13. The molecule has 2 aliphatic rings. The van der Waals surface area contributed by atoms with Crippen LogP contribution in [0.4, 0.5) is 0 Å². The number of Topliss-reactive ketones (excluding diaryl/α,β-unsaturated/α-hetero) is 1. The second-order valence-electron chi connectivity index (χ2n) is 8.12. The lowest BCUT2D eigenvalue weighted by atomic mass is 9.73. The number of allylic oxidation sites excluding steroid dienone is 1. The molecule has 0 heterocycles. The van der Waals surface area contributed by atoms with Crippen molar-refractivity contribution in [2.45, 2.75) is 32.8 Å². The summed E-state index contributed by atoms with van der Waals surface area (Å²) >= 11 is 0. The van der Waals surface area contributed by atoms with Crippen LogP contribution in [-0.2, 0) is 16.0 Å². The number of rotatable bonds is 5. The Morgan fingerprint density at radius 3 is 2.38 bits per heavy atom. The van der Waals surface area contributed by atoms with Gasteiger partial charge in [-0.15, -0.1) is 0 Å². The zero-order valence-corrected chi connectivity index (χ0v) is 18.4. The summed E-state index contributed by atoms with van der Waals surface area (Å²) in [5.41, 5.74) is 0.967. The minimum atomic E-state index is -0.661. The van der Waals surface area contributed by atoms with Gasteiger partial charge in [0.15, 0.2) is 5.78 Å². The first kappa shape index (κ1) is 21.6. The van der Waals surface area contributed by atoms with Crippen LogP contribution >= 0.6 is 0 Å². The van der Waals surface area contributed by atoms with Crippen molar-refractivity contribution in [1.82, 2.24) is 0 Å². The fourth-order valence-corrected chi connectivity index (χ4v) is 4.73. The average Bonchev–Trinajstić information content (AvgIpc) is 2.76. The normalized spacial score (nSPS) is 18.9. The van der Waals surface area contributed by atoms with E-state index in [0.717, 1.165) is 0 Å². The molecule has 0 amide bonds. The van der Waals surface area contributed by atoms with E-state index in [4.69, 9.17) is 14.2 Å². The molecule has 7 nitrogen and oxygen atoms in total. The molecule has 2 aromatic rings. The molecule has 0 saturated heterocycles. The predicted molar refractivity (Wildman–Crippen MR) is 116 cm³/mol. The lowest BCUT2D eigenvalue weighted by molar-refractivity contribution is -0.122. The van der Waals surface area contributed by atoms with E-state index in [2.05, 4.69) is 6.58 Å². The van der Waals surface area contributed by atoms with Gasteiger partial charge in [0.2, 0.25) is 5.78 Å². The molecule has 2 aromatic carbocycles. The van der Waals surface area contributed by atoms with Crippen LogP contribution < -0.4 is 9.47 Å². The van der Waals surface area contributed by atoms with Crippen LogP contribution in [0.25, 0.3) is 0 Å². The van der Waals surface area contributed by atoms with Crippen molar-refractivity contribution >= 4 is 17.3 Å². The number of aromatic hydroxyl groups is 1. The van der Waals surface area contributed by atoms with Crippen molar-refractivity contribution in [3.8, 4) is 17.2 Å². The fraction of sp³-hybridized carbons (Fsp3) is 0.320. The van der Waals surface area contributed by atoms with Crippen molar-refractivity contribution in [2.75, 3.05) is 14.2 Å². The average molecular weight is 436 g/mol. The molecule has 2 aliphatic carbocycles. The molecule has 0 radical (unpaired) electrons. The predicted octanol–water partition coefficient (Wildman–Crippen LogP) is 3.93. The molecule has 4 rings (SSSR count). The van der Waals surface area contributed by atoms with Crippen LogP contribution in [0.1, 0.15) is 69.3 Å². The molecule has 0 aromatic heterocycles. The Morgan fingerprint density at radius 2 is 1.78 bits per heavy atom. The molecule has 0 aliphatic heterocycles. The van der Waals surface area contributed by atoms with Gasteiger partial charge in [-0.05, 0) is 32.8 Å². The number of ether oxygens (including phenoxy) is 3. The summed E-state index contributed by atoms with van der Waals surface area (Å²) in [5.74, 6) is -0.957. The maximum atomic E-state index is 13.5. The molecule has 166 valence electrons. The van der Waals surface area contributed by atoms with E-state index < -0.39 is 23.6 Å². The van der Waals surface area contributed by atoms with E-state index in [0.29, 0.717) is 23.3 Å². The SMILES string of the molecule is C=C(C)O[C@@H]1C[C@@H](C(C)=O)Cc2c(O)c3c(c(OC)c21)C(=O)c1cccc(OC)c1C3=O. The number of carbonyl (C=O) groups is 3. The van der Waals surface area contributed by atoms with Gasteiger partial charge in [0.25, 0.3) is 0 Å². The van der Waals surface area contributed by atoms with E-state index in [-0.39, 0.29) is 51.7 Å². The lowest BCUT2D eigenvalue weighted by Gasteiger charge is -2.35. The summed E-state index contributed by atoms with van der Waals surface area (Å²) in [6.45, 7) is 6.95. The van der Waals surface area contributed by atoms with E-state index in [1.54, 1.807) is 25.1 Å². The summed E-state index contributed by atoms with van der Waals surface area (Å²) in [4.78, 5) is 39.3. The quantitative estimate of drug-likeness (QED) is 0.605. The van der Waals surface area contributed by atoms with Gasteiger partial charge >= 0.3 is 0 Å². The van der Waals surface area contributed by atoms with Crippen molar-refractivity contribution in [3.63, 3.8) is 0 Å². The maximum absolute atomic E-state index is 13.5. The number of phenolic OH excluding ortho intramolecular Hbond substituents is 1. The van der Waals surface area contributed by atoms with Crippen molar-refractivity contribution in [2.24, 2.45) is 5.92 Å². The zero-order chi connectivity index (χ0) is 23.3. The second kappa shape index (κ2) is 7.82. The highest BCUT2D eigenvalue weighted by Gasteiger charge is 2.44. The number of fused-ring (bicyclic) bond motifs is 3. The van der Waals surface area contributed by atoms with E-state index in [1.807, 2.05) is 0 Å². The van der Waals surface area contributed by atoms with Crippen molar-refractivity contribution in [3.05, 3.63) is 63.9 Å². The Morgan fingerprint density at radius 1 is 1.06 bits per heavy atom. The number of phenols is 1. The summed E-state index contributed by atoms with van der Waals surface area (Å²) in [5, 5.41) is 11.3. The van der Waals surface area contributed by atoms with Crippen LogP contribution in [0, 0.1) is 5.92 Å². The molecule has 0 unspecified atom stereocenters. The van der Waals surface area contributed by atoms with Crippen molar-refractivity contribution in [1.29, 1.82) is 0 Å². The molecule has 7 heteroatoms. The third kappa shape index (κ3) is 3.07. The largest absolute Gasteiger partial charge is 0.507 e. The Hall–Kier alpha value is -3.61. The first-order valence-corrected chi connectivity index (χ1v) is 10.3. The van der Waals surface area contributed by atoms with Gasteiger partial charge < -0.3 is 19.3 Å². The monoisotopic (exact) mass is 436 g/mol. The highest BCUT2D eigenvalue weighted by molar-refractivity contribution is 6.31. The molecule has 1 N–H and O–H groups in total. The summed E-state index contributed by atoms with van der Waals surface area (Å²) in [6.07, 6.45) is -0.113. The van der Waals surface area contributed by atoms with Crippen LogP contribution in [0.3, 0.4) is 0 Å². The first-order chi connectivity index (χ1) is 15.2. The van der Waals surface area contributed by atoms with Gasteiger partial charge in [0, 0.05) is 22.6 Å². The van der Waals surface area contributed by atoms with E-state index in [9.17, 15) is 19.5 Å². The molecule has 2 atom stereocenters. The smallest absolute Gasteiger partial charge is 0.202 e. The topological polar surface area (TPSA) is 99.1 Å². The Kier molecular flexibility index (Phi) is 5.28.